The number of rotatable bonds is 3. The van der Waals surface area contributed by atoms with Gasteiger partial charge in [-0.05, 0) is 24.1 Å². The second-order valence-corrected chi connectivity index (χ2v) is 4.72. The lowest BCUT2D eigenvalue weighted by Gasteiger charge is -2.20. The molecule has 0 fully saturated rings. The van der Waals surface area contributed by atoms with Crippen molar-refractivity contribution in [3.8, 4) is 0 Å². The Kier molecular flexibility index (Phi) is 3.52. The molecule has 1 heterocycles. The van der Waals surface area contributed by atoms with Gasteiger partial charge in [-0.3, -0.25) is 4.79 Å². The van der Waals surface area contributed by atoms with Gasteiger partial charge in [-0.25, -0.2) is 0 Å². The monoisotopic (exact) mass is 233 g/mol. The Balaban J connectivity index is 2.08. The van der Waals surface area contributed by atoms with E-state index in [1.54, 1.807) is 0 Å². The summed E-state index contributed by atoms with van der Waals surface area (Å²) >= 11 is 0. The summed E-state index contributed by atoms with van der Waals surface area (Å²) in [5.41, 5.74) is 2.78. The maximum atomic E-state index is 11.9. The Morgan fingerprint density at radius 3 is 2.71 bits per heavy atom. The zero-order valence-corrected chi connectivity index (χ0v) is 10.3. The van der Waals surface area contributed by atoms with Crippen LogP contribution in [0.5, 0.6) is 0 Å². The molecule has 1 aromatic carbocycles. The highest BCUT2D eigenvalue weighted by Crippen LogP contribution is 2.25. The quantitative estimate of drug-likeness (QED) is 0.747. The highest BCUT2D eigenvalue weighted by atomic mass is 16.1. The summed E-state index contributed by atoms with van der Waals surface area (Å²) in [7, 11) is 0. The smallest absolute Gasteiger partial charge is 0.251 e. The molecule has 1 aliphatic rings. The van der Waals surface area contributed by atoms with E-state index < -0.39 is 0 Å². The molecule has 0 spiro atoms. The predicted molar refractivity (Wildman–Crippen MR) is 70.6 cm³/mol. The zero-order valence-electron chi connectivity index (χ0n) is 10.3. The molecule has 0 unspecified atom stereocenters. The molecule has 0 aliphatic carbocycles. The van der Waals surface area contributed by atoms with E-state index in [0.717, 1.165) is 24.5 Å². The van der Waals surface area contributed by atoms with Crippen molar-refractivity contribution in [3.05, 3.63) is 23.8 Å². The average molecular weight is 233 g/mol. The van der Waals surface area contributed by atoms with E-state index in [1.807, 2.05) is 18.2 Å². The van der Waals surface area contributed by atoms with E-state index in [-0.39, 0.29) is 5.91 Å². The predicted octanol–water partition coefficient (Wildman–Crippen LogP) is 1.91. The summed E-state index contributed by atoms with van der Waals surface area (Å²) in [6.45, 7) is 6.69. The van der Waals surface area contributed by atoms with E-state index in [2.05, 4.69) is 29.8 Å². The van der Waals surface area contributed by atoms with Crippen LogP contribution < -0.4 is 16.0 Å². The van der Waals surface area contributed by atoms with Crippen LogP contribution in [0.15, 0.2) is 18.2 Å². The molecular formula is C13H19N3O. The van der Waals surface area contributed by atoms with Gasteiger partial charge in [0, 0.05) is 25.2 Å². The average Bonchev–Trinajstić information content (AvgIpc) is 2.35. The minimum atomic E-state index is -0.00567. The first kappa shape index (κ1) is 11.8. The molecule has 17 heavy (non-hydrogen) atoms. The third-order valence-electron chi connectivity index (χ3n) is 2.71. The zero-order chi connectivity index (χ0) is 12.3. The van der Waals surface area contributed by atoms with Crippen molar-refractivity contribution in [1.82, 2.24) is 5.32 Å². The molecule has 1 amide bonds. The maximum absolute atomic E-state index is 11.9. The van der Waals surface area contributed by atoms with Gasteiger partial charge in [0.2, 0.25) is 0 Å². The molecule has 0 saturated carbocycles. The van der Waals surface area contributed by atoms with E-state index in [1.165, 1.54) is 0 Å². The third kappa shape index (κ3) is 2.90. The van der Waals surface area contributed by atoms with Crippen molar-refractivity contribution < 1.29 is 4.79 Å². The molecule has 1 aliphatic heterocycles. The highest BCUT2D eigenvalue weighted by Gasteiger charge is 2.11. The highest BCUT2D eigenvalue weighted by molar-refractivity contribution is 5.96. The van der Waals surface area contributed by atoms with Crippen LogP contribution in [0.2, 0.25) is 0 Å². The number of anilines is 2. The number of hydrogen-bond donors (Lipinski definition) is 3. The Morgan fingerprint density at radius 1 is 1.29 bits per heavy atom. The van der Waals surface area contributed by atoms with Gasteiger partial charge in [-0.15, -0.1) is 0 Å². The van der Waals surface area contributed by atoms with E-state index in [0.29, 0.717) is 18.0 Å². The summed E-state index contributed by atoms with van der Waals surface area (Å²) in [5.74, 6) is 0.463. The molecule has 4 nitrogen and oxygen atoms in total. The minimum Gasteiger partial charge on any atom is -0.382 e. The normalized spacial score (nSPS) is 13.6. The van der Waals surface area contributed by atoms with Gasteiger partial charge in [0.1, 0.15) is 0 Å². The summed E-state index contributed by atoms with van der Waals surface area (Å²) in [6.07, 6.45) is 0. The first-order valence-corrected chi connectivity index (χ1v) is 6.07. The molecule has 0 radical (unpaired) electrons. The number of benzene rings is 1. The van der Waals surface area contributed by atoms with E-state index in [4.69, 9.17) is 0 Å². The Morgan fingerprint density at radius 2 is 2.00 bits per heavy atom. The number of amides is 1. The third-order valence-corrected chi connectivity index (χ3v) is 2.71. The summed E-state index contributed by atoms with van der Waals surface area (Å²) in [4.78, 5) is 11.9. The van der Waals surface area contributed by atoms with Crippen molar-refractivity contribution in [2.24, 2.45) is 5.92 Å². The topological polar surface area (TPSA) is 53.2 Å². The number of nitrogens with one attached hydrogen (secondary N) is 3. The fourth-order valence-corrected chi connectivity index (χ4v) is 1.78. The molecule has 0 saturated heterocycles. The first-order valence-electron chi connectivity index (χ1n) is 6.07. The van der Waals surface area contributed by atoms with Crippen molar-refractivity contribution in [1.29, 1.82) is 0 Å². The van der Waals surface area contributed by atoms with E-state index >= 15 is 0 Å². The number of carbonyl (C=O) groups excluding carboxylic acids is 1. The lowest BCUT2D eigenvalue weighted by molar-refractivity contribution is 0.0949. The van der Waals surface area contributed by atoms with Crippen molar-refractivity contribution in [2.75, 3.05) is 30.3 Å². The van der Waals surface area contributed by atoms with Gasteiger partial charge >= 0.3 is 0 Å². The molecule has 0 aromatic heterocycles. The lowest BCUT2D eigenvalue weighted by atomic mass is 10.1. The fourth-order valence-electron chi connectivity index (χ4n) is 1.78. The standard InChI is InChI=1S/C13H19N3O/c1-9(2)8-16-13(17)10-3-4-11-12(7-10)15-6-5-14-11/h3-4,7,9,14-15H,5-6,8H2,1-2H3,(H,16,17). The lowest BCUT2D eigenvalue weighted by Crippen LogP contribution is -2.28. The maximum Gasteiger partial charge on any atom is 0.251 e. The van der Waals surface area contributed by atoms with Crippen LogP contribution in [0.1, 0.15) is 24.2 Å². The summed E-state index contributed by atoms with van der Waals surface area (Å²) in [5, 5.41) is 9.48. The molecule has 1 aromatic rings. The van der Waals surface area contributed by atoms with Crippen LogP contribution in [-0.2, 0) is 0 Å². The SMILES string of the molecule is CC(C)CNC(=O)c1ccc2c(c1)NCCN2. The van der Waals surface area contributed by atoms with Gasteiger partial charge in [-0.1, -0.05) is 13.8 Å². The molecule has 0 atom stereocenters. The Hall–Kier alpha value is -1.71. The second-order valence-electron chi connectivity index (χ2n) is 4.72. The Labute approximate surface area is 102 Å². The van der Waals surface area contributed by atoms with Gasteiger partial charge in [-0.2, -0.15) is 0 Å². The van der Waals surface area contributed by atoms with E-state index in [9.17, 15) is 4.79 Å². The summed E-state index contributed by atoms with van der Waals surface area (Å²) < 4.78 is 0. The molecule has 2 rings (SSSR count). The largest absolute Gasteiger partial charge is 0.382 e. The molecular weight excluding hydrogens is 214 g/mol. The molecule has 3 N–H and O–H groups in total. The van der Waals surface area contributed by atoms with Gasteiger partial charge in [0.05, 0.1) is 11.4 Å². The van der Waals surface area contributed by atoms with Gasteiger partial charge in [0.15, 0.2) is 0 Å². The number of carbonyl (C=O) groups is 1. The van der Waals surface area contributed by atoms with Crippen LogP contribution in [0.4, 0.5) is 11.4 Å². The summed E-state index contributed by atoms with van der Waals surface area (Å²) in [6, 6.07) is 5.71. The van der Waals surface area contributed by atoms with Gasteiger partial charge in [0.25, 0.3) is 5.91 Å². The van der Waals surface area contributed by atoms with Crippen LogP contribution in [0, 0.1) is 5.92 Å². The Bertz CT molecular complexity index is 415. The van der Waals surface area contributed by atoms with Crippen molar-refractivity contribution >= 4 is 17.3 Å². The second kappa shape index (κ2) is 5.08. The van der Waals surface area contributed by atoms with Crippen molar-refractivity contribution in [3.63, 3.8) is 0 Å². The van der Waals surface area contributed by atoms with Crippen LogP contribution in [-0.4, -0.2) is 25.5 Å². The van der Waals surface area contributed by atoms with Crippen LogP contribution in [0.3, 0.4) is 0 Å². The number of hydrogen-bond acceptors (Lipinski definition) is 3. The molecule has 92 valence electrons. The minimum absolute atomic E-state index is 0.00567. The van der Waals surface area contributed by atoms with Crippen molar-refractivity contribution in [2.45, 2.75) is 13.8 Å². The molecule has 4 heteroatoms. The fraction of sp³-hybridized carbons (Fsp3) is 0.462. The van der Waals surface area contributed by atoms with Gasteiger partial charge < -0.3 is 16.0 Å². The first-order chi connectivity index (χ1) is 8.16. The van der Waals surface area contributed by atoms with Crippen LogP contribution in [0.25, 0.3) is 0 Å². The molecule has 0 bridgehead atoms. The van der Waals surface area contributed by atoms with Crippen LogP contribution >= 0.6 is 0 Å². The number of fused-ring (bicyclic) bond motifs is 1.